The number of fused-ring (bicyclic) bond motifs is 1. The molecule has 0 radical (unpaired) electrons. The predicted molar refractivity (Wildman–Crippen MR) is 94.6 cm³/mol. The number of benzene rings is 1. The van der Waals surface area contributed by atoms with E-state index >= 15 is 0 Å². The first-order valence-electron chi connectivity index (χ1n) is 6.98. The molecule has 1 amide bonds. The van der Waals surface area contributed by atoms with Crippen LogP contribution in [0.1, 0.15) is 13.8 Å². The lowest BCUT2D eigenvalue weighted by Crippen LogP contribution is -2.35. The summed E-state index contributed by atoms with van der Waals surface area (Å²) < 4.78 is 6.64. The lowest BCUT2D eigenvalue weighted by atomic mass is 10.3. The first-order chi connectivity index (χ1) is 10.0. The Morgan fingerprint density at radius 3 is 2.64 bits per heavy atom. The Morgan fingerprint density at radius 1 is 1.32 bits per heavy atom. The molecular weight excluding hydrogens is 322 g/mol. The number of rotatable bonds is 6. The fourth-order valence-corrected chi connectivity index (χ4v) is 3.04. The Bertz CT molecular complexity index is 630. The number of para-hydroxylation sites is 1. The molecule has 1 aromatic heterocycles. The molecule has 2 rings (SSSR count). The van der Waals surface area contributed by atoms with Gasteiger partial charge in [-0.05, 0) is 33.2 Å². The number of likely N-dealkylation sites (N-methyl/N-ethyl adjacent to an activating group) is 1. The Balaban J connectivity index is 0.00000242. The topological polar surface area (TPSA) is 45.7 Å². The molecule has 0 unspecified atom stereocenters. The lowest BCUT2D eigenvalue weighted by molar-refractivity contribution is -0.116. The Kier molecular flexibility index (Phi) is 7.06. The van der Waals surface area contributed by atoms with Crippen molar-refractivity contribution in [3.05, 3.63) is 18.2 Å². The molecule has 2 aromatic rings. The van der Waals surface area contributed by atoms with E-state index in [-0.39, 0.29) is 18.3 Å². The molecule has 5 nitrogen and oxygen atoms in total. The minimum absolute atomic E-state index is 0. The number of ether oxygens (including phenoxy) is 1. The normalized spacial score (nSPS) is 10.6. The van der Waals surface area contributed by atoms with Crippen molar-refractivity contribution >= 4 is 45.0 Å². The van der Waals surface area contributed by atoms with Crippen LogP contribution in [0.25, 0.3) is 10.2 Å². The van der Waals surface area contributed by atoms with E-state index < -0.39 is 0 Å². The van der Waals surface area contributed by atoms with Gasteiger partial charge in [-0.25, -0.2) is 4.98 Å². The summed E-state index contributed by atoms with van der Waals surface area (Å²) in [6, 6.07) is 5.86. The average molecular weight is 344 g/mol. The van der Waals surface area contributed by atoms with Crippen LogP contribution in [-0.4, -0.2) is 49.6 Å². The second-order valence-corrected chi connectivity index (χ2v) is 6.02. The van der Waals surface area contributed by atoms with Crippen molar-refractivity contribution in [2.24, 2.45) is 0 Å². The SMILES string of the molecule is CCOc1cccc2sc(N(CCN(C)C)C(C)=O)nc12.Cl. The van der Waals surface area contributed by atoms with Crippen LogP contribution in [0, 0.1) is 0 Å². The van der Waals surface area contributed by atoms with E-state index in [1.807, 2.05) is 39.2 Å². The van der Waals surface area contributed by atoms with Crippen LogP contribution in [0.4, 0.5) is 5.13 Å². The second kappa shape index (κ2) is 8.31. The Hall–Kier alpha value is -1.37. The van der Waals surface area contributed by atoms with Crippen molar-refractivity contribution in [2.45, 2.75) is 13.8 Å². The number of carbonyl (C=O) groups is 1. The van der Waals surface area contributed by atoms with Crippen molar-refractivity contribution in [1.29, 1.82) is 0 Å². The maximum Gasteiger partial charge on any atom is 0.225 e. The molecule has 0 bridgehead atoms. The summed E-state index contributed by atoms with van der Waals surface area (Å²) in [6.45, 7) is 5.55. The van der Waals surface area contributed by atoms with Gasteiger partial charge in [-0.15, -0.1) is 12.4 Å². The quantitative estimate of drug-likeness (QED) is 0.808. The van der Waals surface area contributed by atoms with Crippen molar-refractivity contribution in [3.8, 4) is 5.75 Å². The van der Waals surface area contributed by atoms with Crippen molar-refractivity contribution in [2.75, 3.05) is 38.7 Å². The van der Waals surface area contributed by atoms with Gasteiger partial charge in [0.25, 0.3) is 0 Å². The number of aromatic nitrogens is 1. The molecule has 0 aliphatic rings. The first kappa shape index (κ1) is 18.7. The van der Waals surface area contributed by atoms with Gasteiger partial charge in [-0.2, -0.15) is 0 Å². The van der Waals surface area contributed by atoms with E-state index in [2.05, 4.69) is 9.88 Å². The molecule has 0 fully saturated rings. The van der Waals surface area contributed by atoms with Gasteiger partial charge in [-0.1, -0.05) is 17.4 Å². The van der Waals surface area contributed by atoms with Gasteiger partial charge in [0.15, 0.2) is 5.13 Å². The molecule has 0 atom stereocenters. The molecule has 1 aromatic carbocycles. The van der Waals surface area contributed by atoms with Crippen molar-refractivity contribution < 1.29 is 9.53 Å². The fraction of sp³-hybridized carbons (Fsp3) is 0.467. The minimum Gasteiger partial charge on any atom is -0.492 e. The van der Waals surface area contributed by atoms with E-state index in [0.29, 0.717) is 13.2 Å². The van der Waals surface area contributed by atoms with Gasteiger partial charge in [0.1, 0.15) is 11.3 Å². The molecule has 0 aliphatic heterocycles. The highest BCUT2D eigenvalue weighted by molar-refractivity contribution is 7.22. The maximum atomic E-state index is 11.9. The molecule has 0 saturated carbocycles. The van der Waals surface area contributed by atoms with Gasteiger partial charge in [0, 0.05) is 20.0 Å². The first-order valence-corrected chi connectivity index (χ1v) is 7.79. The Morgan fingerprint density at radius 2 is 2.05 bits per heavy atom. The number of hydrogen-bond acceptors (Lipinski definition) is 5. The highest BCUT2D eigenvalue weighted by Gasteiger charge is 2.17. The summed E-state index contributed by atoms with van der Waals surface area (Å²) in [5.74, 6) is 0.780. The summed E-state index contributed by atoms with van der Waals surface area (Å²) in [5, 5.41) is 0.728. The van der Waals surface area contributed by atoms with Crippen LogP contribution in [0.3, 0.4) is 0 Å². The number of anilines is 1. The van der Waals surface area contributed by atoms with Crippen LogP contribution in [-0.2, 0) is 4.79 Å². The van der Waals surface area contributed by atoms with Crippen LogP contribution in [0.2, 0.25) is 0 Å². The third kappa shape index (κ3) is 4.32. The van der Waals surface area contributed by atoms with E-state index in [4.69, 9.17) is 4.74 Å². The number of halogens is 1. The van der Waals surface area contributed by atoms with Gasteiger partial charge in [-0.3, -0.25) is 9.69 Å². The number of amides is 1. The smallest absolute Gasteiger partial charge is 0.225 e. The summed E-state index contributed by atoms with van der Waals surface area (Å²) >= 11 is 1.52. The standard InChI is InChI=1S/C15H21N3O2S.ClH/c1-5-20-12-7-6-8-13-14(12)16-15(21-13)18(11(2)19)10-9-17(3)4;/h6-8H,5,9-10H2,1-4H3;1H. The van der Waals surface area contributed by atoms with E-state index in [1.165, 1.54) is 11.3 Å². The predicted octanol–water partition coefficient (Wildman–Crippen LogP) is 3.03. The molecule has 122 valence electrons. The number of thiazole rings is 1. The summed E-state index contributed by atoms with van der Waals surface area (Å²) in [4.78, 5) is 20.3. The van der Waals surface area contributed by atoms with Crippen LogP contribution >= 0.6 is 23.7 Å². The van der Waals surface area contributed by atoms with Crippen molar-refractivity contribution in [3.63, 3.8) is 0 Å². The molecule has 22 heavy (non-hydrogen) atoms. The molecule has 0 N–H and O–H groups in total. The highest BCUT2D eigenvalue weighted by atomic mass is 35.5. The summed E-state index contributed by atoms with van der Waals surface area (Å²) in [7, 11) is 3.98. The number of carbonyl (C=O) groups excluding carboxylic acids is 1. The van der Waals surface area contributed by atoms with Crippen LogP contribution < -0.4 is 9.64 Å². The number of hydrogen-bond donors (Lipinski definition) is 0. The molecule has 0 aliphatic carbocycles. The maximum absolute atomic E-state index is 11.9. The van der Waals surface area contributed by atoms with Gasteiger partial charge in [0.05, 0.1) is 11.3 Å². The zero-order chi connectivity index (χ0) is 15.4. The second-order valence-electron chi connectivity index (χ2n) is 5.01. The van der Waals surface area contributed by atoms with Gasteiger partial charge in [0.2, 0.25) is 5.91 Å². The number of nitrogens with zero attached hydrogens (tertiary/aromatic N) is 3. The van der Waals surface area contributed by atoms with Gasteiger partial charge >= 0.3 is 0 Å². The third-order valence-electron chi connectivity index (χ3n) is 3.05. The van der Waals surface area contributed by atoms with E-state index in [1.54, 1.807) is 11.8 Å². The lowest BCUT2D eigenvalue weighted by Gasteiger charge is -2.20. The monoisotopic (exact) mass is 343 g/mol. The Labute approximate surface area is 141 Å². The van der Waals surface area contributed by atoms with Crippen LogP contribution in [0.15, 0.2) is 18.2 Å². The average Bonchev–Trinajstić information content (AvgIpc) is 2.83. The molecule has 7 heteroatoms. The van der Waals surface area contributed by atoms with Crippen LogP contribution in [0.5, 0.6) is 5.75 Å². The van der Waals surface area contributed by atoms with Crippen molar-refractivity contribution in [1.82, 2.24) is 9.88 Å². The fourth-order valence-electron chi connectivity index (χ4n) is 1.99. The molecule has 1 heterocycles. The zero-order valence-corrected chi connectivity index (χ0v) is 15.0. The summed E-state index contributed by atoms with van der Waals surface area (Å²) in [5.41, 5.74) is 0.829. The van der Waals surface area contributed by atoms with Gasteiger partial charge < -0.3 is 9.64 Å². The largest absolute Gasteiger partial charge is 0.492 e. The van der Waals surface area contributed by atoms with E-state index in [9.17, 15) is 4.79 Å². The minimum atomic E-state index is 0. The zero-order valence-electron chi connectivity index (χ0n) is 13.3. The summed E-state index contributed by atoms with van der Waals surface area (Å²) in [6.07, 6.45) is 0. The van der Waals surface area contributed by atoms with E-state index in [0.717, 1.165) is 27.6 Å². The molecular formula is C15H22ClN3O2S. The molecule has 0 spiro atoms. The third-order valence-corrected chi connectivity index (χ3v) is 4.10. The molecule has 0 saturated heterocycles. The highest BCUT2D eigenvalue weighted by Crippen LogP contribution is 2.34.